The van der Waals surface area contributed by atoms with Gasteiger partial charge in [-0.2, -0.15) is 0 Å². The van der Waals surface area contributed by atoms with Crippen molar-refractivity contribution in [2.45, 2.75) is 38.7 Å². The van der Waals surface area contributed by atoms with Gasteiger partial charge in [0.2, 0.25) is 5.91 Å². The Balaban J connectivity index is 1.56. The standard InChI is InChI=1S/C31H31NO5/c1-21(25-13-7-10-23-9-3-4-12-26(23)25)31(35)32-27-19-22(17-18-24(27)11-8-16-30(33)34)20-37-29-15-6-5-14-28(29)36-2/h3-7,9-10,12-15,17-19,21H,8,11,16,20H2,1-2H3,(H,32,35)(H,33,34). The minimum absolute atomic E-state index is 0.0679. The summed E-state index contributed by atoms with van der Waals surface area (Å²) in [7, 11) is 1.60. The van der Waals surface area contributed by atoms with Gasteiger partial charge in [0.05, 0.1) is 13.0 Å². The molecule has 0 radical (unpaired) electrons. The summed E-state index contributed by atoms with van der Waals surface area (Å²) in [5, 5.41) is 14.3. The third-order valence-corrected chi connectivity index (χ3v) is 6.42. The van der Waals surface area contributed by atoms with Crippen LogP contribution in [0.5, 0.6) is 11.5 Å². The third-order valence-electron chi connectivity index (χ3n) is 6.42. The summed E-state index contributed by atoms with van der Waals surface area (Å²) in [5.41, 5.74) is 3.39. The molecule has 6 nitrogen and oxygen atoms in total. The van der Waals surface area contributed by atoms with E-state index in [0.717, 1.165) is 27.5 Å². The van der Waals surface area contributed by atoms with Gasteiger partial charge in [0.15, 0.2) is 11.5 Å². The average Bonchev–Trinajstić information content (AvgIpc) is 2.92. The van der Waals surface area contributed by atoms with Crippen molar-refractivity contribution in [1.82, 2.24) is 0 Å². The van der Waals surface area contributed by atoms with Gasteiger partial charge in [0, 0.05) is 12.1 Å². The van der Waals surface area contributed by atoms with E-state index in [1.165, 1.54) is 0 Å². The molecule has 1 amide bonds. The van der Waals surface area contributed by atoms with Crippen LogP contribution in [0.25, 0.3) is 10.8 Å². The maximum atomic E-state index is 13.4. The number of carboxylic acids is 1. The van der Waals surface area contributed by atoms with Gasteiger partial charge in [-0.05, 0) is 65.4 Å². The smallest absolute Gasteiger partial charge is 0.303 e. The van der Waals surface area contributed by atoms with Crippen LogP contribution in [0.4, 0.5) is 5.69 Å². The van der Waals surface area contributed by atoms with Crippen molar-refractivity contribution in [3.05, 3.63) is 102 Å². The number of amides is 1. The molecule has 37 heavy (non-hydrogen) atoms. The Morgan fingerprint density at radius 2 is 1.65 bits per heavy atom. The molecule has 0 fully saturated rings. The molecule has 0 spiro atoms. The SMILES string of the molecule is COc1ccccc1OCc1ccc(CCCC(=O)O)c(NC(=O)C(C)c2cccc3ccccc23)c1. The summed E-state index contributed by atoms with van der Waals surface area (Å²) in [4.78, 5) is 24.4. The average molecular weight is 498 g/mol. The summed E-state index contributed by atoms with van der Waals surface area (Å²) in [5.74, 6) is -0.0713. The molecule has 0 saturated heterocycles. The van der Waals surface area contributed by atoms with Gasteiger partial charge in [-0.25, -0.2) is 0 Å². The highest BCUT2D eigenvalue weighted by atomic mass is 16.5. The number of aryl methyl sites for hydroxylation is 1. The molecule has 190 valence electrons. The number of ether oxygens (including phenoxy) is 2. The van der Waals surface area contributed by atoms with Crippen molar-refractivity contribution in [2.75, 3.05) is 12.4 Å². The fourth-order valence-corrected chi connectivity index (χ4v) is 4.39. The summed E-state index contributed by atoms with van der Waals surface area (Å²) < 4.78 is 11.3. The molecule has 4 aromatic rings. The maximum Gasteiger partial charge on any atom is 0.303 e. The van der Waals surface area contributed by atoms with Crippen LogP contribution in [0.1, 0.15) is 42.4 Å². The van der Waals surface area contributed by atoms with Crippen LogP contribution in [0.15, 0.2) is 84.9 Å². The van der Waals surface area contributed by atoms with Crippen molar-refractivity contribution in [2.24, 2.45) is 0 Å². The van der Waals surface area contributed by atoms with E-state index in [0.29, 0.717) is 30.0 Å². The second-order valence-corrected chi connectivity index (χ2v) is 8.96. The third kappa shape index (κ3) is 6.47. The molecule has 2 N–H and O–H groups in total. The van der Waals surface area contributed by atoms with Crippen LogP contribution < -0.4 is 14.8 Å². The van der Waals surface area contributed by atoms with Gasteiger partial charge in [0.1, 0.15) is 6.61 Å². The van der Waals surface area contributed by atoms with E-state index in [9.17, 15) is 9.59 Å². The van der Waals surface area contributed by atoms with Gasteiger partial charge in [-0.1, -0.05) is 66.7 Å². The first kappa shape index (κ1) is 25.8. The number of carbonyl (C=O) groups is 2. The second-order valence-electron chi connectivity index (χ2n) is 8.96. The molecule has 0 aliphatic rings. The Kier molecular flexibility index (Phi) is 8.41. The first-order valence-electron chi connectivity index (χ1n) is 12.3. The molecular formula is C31H31NO5. The highest BCUT2D eigenvalue weighted by molar-refractivity contribution is 5.99. The number of anilines is 1. The summed E-state index contributed by atoms with van der Waals surface area (Å²) in [6, 6.07) is 27.2. The van der Waals surface area contributed by atoms with Crippen molar-refractivity contribution in [1.29, 1.82) is 0 Å². The Morgan fingerprint density at radius 3 is 2.43 bits per heavy atom. The molecule has 0 aromatic heterocycles. The van der Waals surface area contributed by atoms with Crippen LogP contribution in [0, 0.1) is 0 Å². The van der Waals surface area contributed by atoms with Crippen molar-refractivity contribution in [3.63, 3.8) is 0 Å². The molecule has 4 rings (SSSR count). The fourth-order valence-electron chi connectivity index (χ4n) is 4.39. The Bertz CT molecular complexity index is 1390. The van der Waals surface area contributed by atoms with E-state index >= 15 is 0 Å². The normalized spacial score (nSPS) is 11.6. The topological polar surface area (TPSA) is 84.9 Å². The molecule has 0 bridgehead atoms. The molecule has 1 atom stereocenters. The Hall–Kier alpha value is -4.32. The first-order valence-corrected chi connectivity index (χ1v) is 12.3. The van der Waals surface area contributed by atoms with E-state index in [-0.39, 0.29) is 24.9 Å². The number of nitrogens with one attached hydrogen (secondary N) is 1. The molecular weight excluding hydrogens is 466 g/mol. The van der Waals surface area contributed by atoms with Gasteiger partial charge < -0.3 is 19.9 Å². The van der Waals surface area contributed by atoms with Crippen LogP contribution in [-0.2, 0) is 22.6 Å². The second kappa shape index (κ2) is 12.1. The molecule has 0 heterocycles. The monoisotopic (exact) mass is 497 g/mol. The van der Waals surface area contributed by atoms with E-state index in [1.54, 1.807) is 7.11 Å². The van der Waals surface area contributed by atoms with Crippen LogP contribution in [0.3, 0.4) is 0 Å². The Morgan fingerprint density at radius 1 is 0.919 bits per heavy atom. The predicted molar refractivity (Wildman–Crippen MR) is 145 cm³/mol. The van der Waals surface area contributed by atoms with Gasteiger partial charge in [-0.3, -0.25) is 9.59 Å². The number of rotatable bonds is 11. The number of methoxy groups -OCH3 is 1. The summed E-state index contributed by atoms with van der Waals surface area (Å²) >= 11 is 0. The lowest BCUT2D eigenvalue weighted by Crippen LogP contribution is -2.20. The lowest BCUT2D eigenvalue weighted by atomic mass is 9.94. The van der Waals surface area contributed by atoms with Crippen molar-refractivity contribution < 1.29 is 24.2 Å². The molecule has 6 heteroatoms. The van der Waals surface area contributed by atoms with Gasteiger partial charge in [0.25, 0.3) is 0 Å². The van der Waals surface area contributed by atoms with Gasteiger partial charge >= 0.3 is 5.97 Å². The number of carboxylic acid groups (broad SMARTS) is 1. The number of benzene rings is 4. The van der Waals surface area contributed by atoms with Crippen molar-refractivity contribution >= 4 is 28.3 Å². The quantitative estimate of drug-likeness (QED) is 0.245. The number of para-hydroxylation sites is 2. The molecule has 4 aromatic carbocycles. The lowest BCUT2D eigenvalue weighted by Gasteiger charge is -2.18. The van der Waals surface area contributed by atoms with Crippen LogP contribution >= 0.6 is 0 Å². The number of aliphatic carboxylic acids is 1. The molecule has 1 unspecified atom stereocenters. The highest BCUT2D eigenvalue weighted by Crippen LogP contribution is 2.30. The van der Waals surface area contributed by atoms with Crippen LogP contribution in [-0.4, -0.2) is 24.1 Å². The minimum atomic E-state index is -0.836. The zero-order chi connectivity index (χ0) is 26.2. The largest absolute Gasteiger partial charge is 0.493 e. The summed E-state index contributed by atoms with van der Waals surface area (Å²) in [6.45, 7) is 2.19. The number of hydrogen-bond donors (Lipinski definition) is 2. The molecule has 0 saturated carbocycles. The number of fused-ring (bicyclic) bond motifs is 1. The maximum absolute atomic E-state index is 13.4. The van der Waals surface area contributed by atoms with E-state index in [1.807, 2.05) is 91.9 Å². The van der Waals surface area contributed by atoms with Gasteiger partial charge in [-0.15, -0.1) is 0 Å². The summed E-state index contributed by atoms with van der Waals surface area (Å²) in [6.07, 6.45) is 1.09. The van der Waals surface area contributed by atoms with E-state index in [4.69, 9.17) is 14.6 Å². The van der Waals surface area contributed by atoms with E-state index in [2.05, 4.69) is 5.32 Å². The highest BCUT2D eigenvalue weighted by Gasteiger charge is 2.19. The Labute approximate surface area is 216 Å². The van der Waals surface area contributed by atoms with E-state index < -0.39 is 5.97 Å². The molecule has 0 aliphatic heterocycles. The minimum Gasteiger partial charge on any atom is -0.493 e. The zero-order valence-corrected chi connectivity index (χ0v) is 21.1. The molecule has 0 aliphatic carbocycles. The number of hydrogen-bond acceptors (Lipinski definition) is 4. The predicted octanol–water partition coefficient (Wildman–Crippen LogP) is 6.58. The fraction of sp³-hybridized carbons (Fsp3) is 0.226. The van der Waals surface area contributed by atoms with Crippen LogP contribution in [0.2, 0.25) is 0 Å². The first-order chi connectivity index (χ1) is 18.0. The zero-order valence-electron chi connectivity index (χ0n) is 21.1. The lowest BCUT2D eigenvalue weighted by molar-refractivity contribution is -0.137. The number of carbonyl (C=O) groups excluding carboxylic acids is 1. The van der Waals surface area contributed by atoms with Crippen molar-refractivity contribution in [3.8, 4) is 11.5 Å².